The van der Waals surface area contributed by atoms with Crippen LogP contribution in [0.3, 0.4) is 0 Å². The molecular weight excluding hydrogens is 216 g/mol. The molecule has 4 heteroatoms. The lowest BCUT2D eigenvalue weighted by Gasteiger charge is -2.30. The fraction of sp³-hybridized carbons (Fsp3) is 0.615. The minimum absolute atomic E-state index is 0.0725. The second-order valence-corrected chi connectivity index (χ2v) is 4.99. The van der Waals surface area contributed by atoms with Crippen LogP contribution >= 0.6 is 0 Å². The lowest BCUT2D eigenvalue weighted by atomic mass is 9.88. The highest BCUT2D eigenvalue weighted by molar-refractivity contribution is 5.08. The van der Waals surface area contributed by atoms with E-state index in [1.165, 1.54) is 5.56 Å². The Bertz CT molecular complexity index is 337. The highest BCUT2D eigenvalue weighted by atomic mass is 16.5. The van der Waals surface area contributed by atoms with Gasteiger partial charge in [-0.2, -0.15) is 0 Å². The fourth-order valence-corrected chi connectivity index (χ4v) is 2.38. The molecule has 94 valence electrons. The molecule has 1 aliphatic rings. The van der Waals surface area contributed by atoms with Gasteiger partial charge in [-0.05, 0) is 25.1 Å². The van der Waals surface area contributed by atoms with Crippen molar-refractivity contribution in [3.05, 3.63) is 30.1 Å². The summed E-state index contributed by atoms with van der Waals surface area (Å²) < 4.78 is 5.40. The van der Waals surface area contributed by atoms with E-state index < -0.39 is 0 Å². The molecule has 0 spiro atoms. The fourth-order valence-electron chi connectivity index (χ4n) is 2.38. The third-order valence-corrected chi connectivity index (χ3v) is 3.30. The predicted octanol–water partition coefficient (Wildman–Crippen LogP) is 0.912. The minimum Gasteiger partial charge on any atom is -0.396 e. The summed E-state index contributed by atoms with van der Waals surface area (Å²) in [6.45, 7) is 3.35. The lowest BCUT2D eigenvalue weighted by Crippen LogP contribution is -2.38. The van der Waals surface area contributed by atoms with E-state index in [-0.39, 0.29) is 12.0 Å². The van der Waals surface area contributed by atoms with Gasteiger partial charge in [0.25, 0.3) is 0 Å². The van der Waals surface area contributed by atoms with Crippen LogP contribution in [0.5, 0.6) is 0 Å². The van der Waals surface area contributed by atoms with Crippen molar-refractivity contribution < 1.29 is 9.84 Å². The summed E-state index contributed by atoms with van der Waals surface area (Å²) >= 11 is 0. The highest BCUT2D eigenvalue weighted by Gasteiger charge is 2.35. The summed E-state index contributed by atoms with van der Waals surface area (Å²) in [5, 5.41) is 9.51. The molecule has 4 nitrogen and oxygen atoms in total. The molecule has 0 aromatic carbocycles. The van der Waals surface area contributed by atoms with Gasteiger partial charge in [0.1, 0.15) is 0 Å². The zero-order valence-electron chi connectivity index (χ0n) is 10.3. The smallest absolute Gasteiger partial charge is 0.0557 e. The van der Waals surface area contributed by atoms with Crippen LogP contribution in [0.15, 0.2) is 24.5 Å². The van der Waals surface area contributed by atoms with Gasteiger partial charge in [0.2, 0.25) is 0 Å². The molecule has 0 aliphatic carbocycles. The number of aliphatic hydroxyl groups is 1. The molecule has 1 aliphatic heterocycles. The van der Waals surface area contributed by atoms with E-state index in [4.69, 9.17) is 4.74 Å². The van der Waals surface area contributed by atoms with E-state index in [2.05, 4.69) is 23.0 Å². The van der Waals surface area contributed by atoms with Crippen LogP contribution in [0.1, 0.15) is 12.0 Å². The van der Waals surface area contributed by atoms with E-state index in [0.717, 1.165) is 26.1 Å². The Morgan fingerprint density at radius 3 is 3.06 bits per heavy atom. The van der Waals surface area contributed by atoms with Gasteiger partial charge < -0.3 is 14.7 Å². The molecule has 2 heterocycles. The molecule has 1 unspecified atom stereocenters. The van der Waals surface area contributed by atoms with Crippen LogP contribution < -0.4 is 0 Å². The Kier molecular flexibility index (Phi) is 4.10. The van der Waals surface area contributed by atoms with Crippen molar-refractivity contribution in [3.63, 3.8) is 0 Å². The SMILES string of the molecule is CN(Cc1cccnc1)CC1(CO)CCOC1. The lowest BCUT2D eigenvalue weighted by molar-refractivity contribution is 0.0624. The maximum Gasteiger partial charge on any atom is 0.0557 e. The van der Waals surface area contributed by atoms with Crippen molar-refractivity contribution in [1.29, 1.82) is 0 Å². The molecule has 1 N–H and O–H groups in total. The Balaban J connectivity index is 1.90. The Hall–Kier alpha value is -0.970. The molecule has 1 aromatic rings. The second kappa shape index (κ2) is 5.58. The molecule has 1 aromatic heterocycles. The molecule has 2 rings (SSSR count). The number of hydrogen-bond donors (Lipinski definition) is 1. The first kappa shape index (κ1) is 12.5. The van der Waals surface area contributed by atoms with Crippen molar-refractivity contribution in [2.45, 2.75) is 13.0 Å². The van der Waals surface area contributed by atoms with E-state index in [1.54, 1.807) is 6.20 Å². The van der Waals surface area contributed by atoms with Crippen LogP contribution in [0.4, 0.5) is 0 Å². The molecule has 0 bridgehead atoms. The van der Waals surface area contributed by atoms with Gasteiger partial charge >= 0.3 is 0 Å². The predicted molar refractivity (Wildman–Crippen MR) is 65.5 cm³/mol. The third-order valence-electron chi connectivity index (χ3n) is 3.30. The first-order chi connectivity index (χ1) is 8.24. The summed E-state index contributed by atoms with van der Waals surface area (Å²) in [7, 11) is 2.07. The average molecular weight is 236 g/mol. The quantitative estimate of drug-likeness (QED) is 0.825. The second-order valence-electron chi connectivity index (χ2n) is 4.99. The average Bonchev–Trinajstić information content (AvgIpc) is 2.79. The molecule has 0 amide bonds. The summed E-state index contributed by atoms with van der Waals surface area (Å²) in [5.74, 6) is 0. The topological polar surface area (TPSA) is 45.6 Å². The van der Waals surface area contributed by atoms with E-state index in [0.29, 0.717) is 6.61 Å². The highest BCUT2D eigenvalue weighted by Crippen LogP contribution is 2.29. The number of aromatic nitrogens is 1. The van der Waals surface area contributed by atoms with E-state index in [9.17, 15) is 5.11 Å². The summed E-state index contributed by atoms with van der Waals surface area (Å²) in [6.07, 6.45) is 4.61. The molecule has 1 saturated heterocycles. The maximum absolute atomic E-state index is 9.51. The van der Waals surface area contributed by atoms with Gasteiger partial charge in [-0.3, -0.25) is 4.98 Å². The first-order valence-corrected chi connectivity index (χ1v) is 6.00. The van der Waals surface area contributed by atoms with Gasteiger partial charge in [-0.1, -0.05) is 6.07 Å². The van der Waals surface area contributed by atoms with Crippen LogP contribution in [-0.4, -0.2) is 48.4 Å². The molecule has 0 radical (unpaired) electrons. The molecular formula is C13H20N2O2. The van der Waals surface area contributed by atoms with Crippen molar-refractivity contribution in [2.24, 2.45) is 5.41 Å². The van der Waals surface area contributed by atoms with Crippen LogP contribution in [0.2, 0.25) is 0 Å². The van der Waals surface area contributed by atoms with Gasteiger partial charge in [-0.25, -0.2) is 0 Å². The standard InChI is InChI=1S/C13H20N2O2/c1-15(8-12-3-2-5-14-7-12)9-13(10-16)4-6-17-11-13/h2-3,5,7,16H,4,6,8-11H2,1H3. The molecule has 1 fully saturated rings. The van der Waals surface area contributed by atoms with Crippen LogP contribution in [0, 0.1) is 5.41 Å². The number of rotatable bonds is 5. The Morgan fingerprint density at radius 1 is 1.59 bits per heavy atom. The maximum atomic E-state index is 9.51. The van der Waals surface area contributed by atoms with Gasteiger partial charge in [0.05, 0.1) is 13.2 Å². The zero-order valence-corrected chi connectivity index (χ0v) is 10.3. The van der Waals surface area contributed by atoms with E-state index >= 15 is 0 Å². The number of pyridine rings is 1. The number of nitrogens with zero attached hydrogens (tertiary/aromatic N) is 2. The molecule has 17 heavy (non-hydrogen) atoms. The van der Waals surface area contributed by atoms with Gasteiger partial charge in [-0.15, -0.1) is 0 Å². The monoisotopic (exact) mass is 236 g/mol. The van der Waals surface area contributed by atoms with E-state index in [1.807, 2.05) is 12.3 Å². The molecule has 1 atom stereocenters. The van der Waals surface area contributed by atoms with Crippen molar-refractivity contribution >= 4 is 0 Å². The third kappa shape index (κ3) is 3.25. The largest absolute Gasteiger partial charge is 0.396 e. The minimum atomic E-state index is -0.0725. The number of ether oxygens (including phenoxy) is 1. The van der Waals surface area contributed by atoms with Crippen molar-refractivity contribution in [2.75, 3.05) is 33.4 Å². The normalized spacial score (nSPS) is 24.4. The first-order valence-electron chi connectivity index (χ1n) is 6.00. The Morgan fingerprint density at radius 2 is 2.47 bits per heavy atom. The van der Waals surface area contributed by atoms with Crippen molar-refractivity contribution in [1.82, 2.24) is 9.88 Å². The van der Waals surface area contributed by atoms with Crippen LogP contribution in [-0.2, 0) is 11.3 Å². The number of hydrogen-bond acceptors (Lipinski definition) is 4. The summed E-state index contributed by atoms with van der Waals surface area (Å²) in [6, 6.07) is 4.02. The van der Waals surface area contributed by atoms with Gasteiger partial charge in [0, 0.05) is 37.5 Å². The zero-order chi connectivity index (χ0) is 12.1. The summed E-state index contributed by atoms with van der Waals surface area (Å²) in [4.78, 5) is 6.33. The Labute approximate surface area is 102 Å². The van der Waals surface area contributed by atoms with Gasteiger partial charge in [0.15, 0.2) is 0 Å². The van der Waals surface area contributed by atoms with Crippen LogP contribution in [0.25, 0.3) is 0 Å². The van der Waals surface area contributed by atoms with Crippen molar-refractivity contribution in [3.8, 4) is 0 Å². The summed E-state index contributed by atoms with van der Waals surface area (Å²) in [5.41, 5.74) is 1.12. The molecule has 0 saturated carbocycles. The number of aliphatic hydroxyl groups excluding tert-OH is 1.